The topological polar surface area (TPSA) is 36.7 Å². The summed E-state index contributed by atoms with van der Waals surface area (Å²) in [6.45, 7) is 5.40. The maximum atomic E-state index is 12.4. The first-order valence-corrected chi connectivity index (χ1v) is 7.13. The molecule has 1 aromatic heterocycles. The lowest BCUT2D eigenvalue weighted by molar-refractivity contribution is 0.0775. The van der Waals surface area contributed by atoms with E-state index in [1.54, 1.807) is 11.9 Å². The maximum absolute atomic E-state index is 12.4. The van der Waals surface area contributed by atoms with Crippen LogP contribution in [-0.4, -0.2) is 31.4 Å². The zero-order valence-corrected chi connectivity index (χ0v) is 13.1. The zero-order chi connectivity index (χ0) is 15.4. The van der Waals surface area contributed by atoms with Gasteiger partial charge in [0.05, 0.1) is 6.54 Å². The molecule has 0 atom stereocenters. The molecular weight excluding hydrogens is 264 g/mol. The Hall–Kier alpha value is -2.23. The third kappa shape index (κ3) is 3.66. The number of hydrogen-bond donors (Lipinski definition) is 0. The van der Waals surface area contributed by atoms with Gasteiger partial charge in [0.25, 0.3) is 5.91 Å². The monoisotopic (exact) mass is 286 g/mol. The number of hydrogen-bond acceptors (Lipinski definition) is 3. The predicted molar refractivity (Wildman–Crippen MR) is 84.6 cm³/mol. The Morgan fingerprint density at radius 3 is 2.29 bits per heavy atom. The number of amides is 1. The van der Waals surface area contributed by atoms with Gasteiger partial charge in [-0.3, -0.25) is 4.79 Å². The van der Waals surface area contributed by atoms with Crippen LogP contribution < -0.4 is 4.90 Å². The van der Waals surface area contributed by atoms with E-state index in [0.29, 0.717) is 12.1 Å². The van der Waals surface area contributed by atoms with Crippen LogP contribution in [0.1, 0.15) is 28.8 Å². The molecule has 0 bridgehead atoms. The summed E-state index contributed by atoms with van der Waals surface area (Å²) in [4.78, 5) is 16.2. The fourth-order valence-electron chi connectivity index (χ4n) is 2.14. The van der Waals surface area contributed by atoms with Crippen LogP contribution >= 0.6 is 0 Å². The molecule has 21 heavy (non-hydrogen) atoms. The van der Waals surface area contributed by atoms with E-state index in [0.717, 1.165) is 23.8 Å². The highest BCUT2D eigenvalue weighted by atomic mass is 16.3. The highest BCUT2D eigenvalue weighted by molar-refractivity contribution is 5.94. The summed E-state index contributed by atoms with van der Waals surface area (Å²) >= 11 is 0. The van der Waals surface area contributed by atoms with Crippen molar-refractivity contribution in [3.05, 3.63) is 53.5 Å². The van der Waals surface area contributed by atoms with E-state index in [9.17, 15) is 4.79 Å². The standard InChI is InChI=1S/C17H22N2O2/c1-5-18(3)15-9-7-14(8-10-15)17(20)19(4)12-16-11-6-13(2)21-16/h6-11H,5,12H2,1-4H3. The number of nitrogens with zero attached hydrogens (tertiary/aromatic N) is 2. The van der Waals surface area contributed by atoms with Crippen molar-refractivity contribution in [2.75, 3.05) is 25.5 Å². The molecule has 0 fully saturated rings. The summed E-state index contributed by atoms with van der Waals surface area (Å²) < 4.78 is 5.50. The first-order chi connectivity index (χ1) is 10.0. The zero-order valence-electron chi connectivity index (χ0n) is 13.1. The molecule has 0 N–H and O–H groups in total. The molecule has 0 saturated carbocycles. The molecular formula is C17H22N2O2. The van der Waals surface area contributed by atoms with Gasteiger partial charge in [-0.05, 0) is 50.2 Å². The van der Waals surface area contributed by atoms with Crippen LogP contribution in [0, 0.1) is 6.92 Å². The van der Waals surface area contributed by atoms with Crippen LogP contribution in [0.25, 0.3) is 0 Å². The van der Waals surface area contributed by atoms with Gasteiger partial charge in [0.2, 0.25) is 0 Å². The van der Waals surface area contributed by atoms with E-state index in [4.69, 9.17) is 4.42 Å². The smallest absolute Gasteiger partial charge is 0.254 e. The normalized spacial score (nSPS) is 10.5. The Morgan fingerprint density at radius 1 is 1.10 bits per heavy atom. The summed E-state index contributed by atoms with van der Waals surface area (Å²) in [7, 11) is 3.81. The highest BCUT2D eigenvalue weighted by Gasteiger charge is 2.13. The number of carbonyl (C=O) groups excluding carboxylic acids is 1. The Bertz CT molecular complexity index is 602. The predicted octanol–water partition coefficient (Wildman–Crippen LogP) is 3.32. The lowest BCUT2D eigenvalue weighted by atomic mass is 10.1. The summed E-state index contributed by atoms with van der Waals surface area (Å²) in [6.07, 6.45) is 0. The number of anilines is 1. The number of benzene rings is 1. The van der Waals surface area contributed by atoms with Crippen molar-refractivity contribution in [2.24, 2.45) is 0 Å². The molecule has 1 aromatic carbocycles. The van der Waals surface area contributed by atoms with Gasteiger partial charge in [0, 0.05) is 31.9 Å². The van der Waals surface area contributed by atoms with Gasteiger partial charge in [-0.2, -0.15) is 0 Å². The molecule has 0 aliphatic carbocycles. The van der Waals surface area contributed by atoms with Gasteiger partial charge < -0.3 is 14.2 Å². The Labute approximate surface area is 126 Å². The Morgan fingerprint density at radius 2 is 1.76 bits per heavy atom. The van der Waals surface area contributed by atoms with Crippen LogP contribution in [0.5, 0.6) is 0 Å². The van der Waals surface area contributed by atoms with Gasteiger partial charge in [-0.1, -0.05) is 0 Å². The maximum Gasteiger partial charge on any atom is 0.254 e. The van der Waals surface area contributed by atoms with Crippen LogP contribution in [0.15, 0.2) is 40.8 Å². The van der Waals surface area contributed by atoms with Gasteiger partial charge in [0.15, 0.2) is 0 Å². The Balaban J connectivity index is 2.05. The molecule has 1 amide bonds. The molecule has 1 heterocycles. The number of aryl methyl sites for hydroxylation is 1. The van der Waals surface area contributed by atoms with E-state index in [1.807, 2.05) is 50.4 Å². The quantitative estimate of drug-likeness (QED) is 0.846. The molecule has 0 saturated heterocycles. The summed E-state index contributed by atoms with van der Waals surface area (Å²) in [5.41, 5.74) is 1.80. The van der Waals surface area contributed by atoms with Crippen molar-refractivity contribution in [1.29, 1.82) is 0 Å². The fourth-order valence-corrected chi connectivity index (χ4v) is 2.14. The summed E-state index contributed by atoms with van der Waals surface area (Å²) in [6, 6.07) is 11.5. The van der Waals surface area contributed by atoms with Gasteiger partial charge in [0.1, 0.15) is 11.5 Å². The van der Waals surface area contributed by atoms with Crippen molar-refractivity contribution in [3.63, 3.8) is 0 Å². The molecule has 0 spiro atoms. The SMILES string of the molecule is CCN(C)c1ccc(C(=O)N(C)Cc2ccc(C)o2)cc1. The second kappa shape index (κ2) is 6.48. The second-order valence-corrected chi connectivity index (χ2v) is 5.23. The first-order valence-electron chi connectivity index (χ1n) is 7.13. The molecule has 0 unspecified atom stereocenters. The molecule has 0 aliphatic rings. The van der Waals surface area contributed by atoms with Crippen molar-refractivity contribution >= 4 is 11.6 Å². The van der Waals surface area contributed by atoms with E-state index in [1.165, 1.54) is 0 Å². The Kier molecular flexibility index (Phi) is 4.68. The third-order valence-electron chi connectivity index (χ3n) is 3.57. The first kappa shape index (κ1) is 15.2. The summed E-state index contributed by atoms with van der Waals surface area (Å²) in [5, 5.41) is 0. The van der Waals surface area contributed by atoms with Gasteiger partial charge >= 0.3 is 0 Å². The van der Waals surface area contributed by atoms with E-state index in [2.05, 4.69) is 11.8 Å². The minimum absolute atomic E-state index is 0.00486. The molecule has 0 radical (unpaired) electrons. The molecule has 112 valence electrons. The van der Waals surface area contributed by atoms with Crippen LogP contribution in [0.2, 0.25) is 0 Å². The van der Waals surface area contributed by atoms with E-state index in [-0.39, 0.29) is 5.91 Å². The van der Waals surface area contributed by atoms with Crippen LogP contribution in [-0.2, 0) is 6.54 Å². The average Bonchev–Trinajstić information content (AvgIpc) is 2.90. The van der Waals surface area contributed by atoms with Crippen LogP contribution in [0.3, 0.4) is 0 Å². The molecule has 0 aliphatic heterocycles. The lowest BCUT2D eigenvalue weighted by Gasteiger charge is -2.18. The van der Waals surface area contributed by atoms with E-state index < -0.39 is 0 Å². The van der Waals surface area contributed by atoms with E-state index >= 15 is 0 Å². The molecule has 4 heteroatoms. The van der Waals surface area contributed by atoms with Crippen molar-refractivity contribution in [3.8, 4) is 0 Å². The highest BCUT2D eigenvalue weighted by Crippen LogP contribution is 2.16. The largest absolute Gasteiger partial charge is 0.464 e. The molecule has 2 aromatic rings. The minimum atomic E-state index is -0.00486. The second-order valence-electron chi connectivity index (χ2n) is 5.23. The van der Waals surface area contributed by atoms with Crippen molar-refractivity contribution in [1.82, 2.24) is 4.90 Å². The van der Waals surface area contributed by atoms with Gasteiger partial charge in [-0.15, -0.1) is 0 Å². The number of rotatable bonds is 5. The lowest BCUT2D eigenvalue weighted by Crippen LogP contribution is -2.26. The number of furan rings is 1. The van der Waals surface area contributed by atoms with Crippen molar-refractivity contribution < 1.29 is 9.21 Å². The average molecular weight is 286 g/mol. The molecule has 4 nitrogen and oxygen atoms in total. The molecule has 2 rings (SSSR count). The fraction of sp³-hybridized carbons (Fsp3) is 0.353. The van der Waals surface area contributed by atoms with Gasteiger partial charge in [-0.25, -0.2) is 0 Å². The summed E-state index contributed by atoms with van der Waals surface area (Å²) in [5.74, 6) is 1.65. The number of carbonyl (C=O) groups is 1. The third-order valence-corrected chi connectivity index (χ3v) is 3.57. The van der Waals surface area contributed by atoms with Crippen LogP contribution in [0.4, 0.5) is 5.69 Å². The minimum Gasteiger partial charge on any atom is -0.464 e. The van der Waals surface area contributed by atoms with Crippen molar-refractivity contribution in [2.45, 2.75) is 20.4 Å².